The molecule has 7 heteroatoms. The molecule has 0 spiro atoms. The van der Waals surface area contributed by atoms with E-state index in [4.69, 9.17) is 16.3 Å². The number of benzene rings is 1. The van der Waals surface area contributed by atoms with Gasteiger partial charge in [0.15, 0.2) is 11.9 Å². The number of carbonyl (C=O) groups excluding carboxylic acids is 3. The summed E-state index contributed by atoms with van der Waals surface area (Å²) < 4.78 is 5.35. The van der Waals surface area contributed by atoms with E-state index >= 15 is 0 Å². The number of aryl methyl sites for hydroxylation is 1. The number of carbonyl (C=O) groups is 3. The van der Waals surface area contributed by atoms with Gasteiger partial charge in [-0.1, -0.05) is 11.6 Å². The molecule has 2 atom stereocenters. The topological polar surface area (TPSA) is 76.2 Å². The number of halogens is 1. The summed E-state index contributed by atoms with van der Waals surface area (Å²) in [5.41, 5.74) is 2.02. The first-order valence-electron chi connectivity index (χ1n) is 8.48. The van der Waals surface area contributed by atoms with Crippen molar-refractivity contribution in [2.45, 2.75) is 50.9 Å². The number of aromatic nitrogens is 1. The van der Waals surface area contributed by atoms with E-state index in [2.05, 4.69) is 4.98 Å². The molecule has 27 heavy (non-hydrogen) atoms. The third-order valence-electron chi connectivity index (χ3n) is 4.16. The van der Waals surface area contributed by atoms with Gasteiger partial charge in [-0.2, -0.15) is 0 Å². The average molecular weight is 408 g/mol. The van der Waals surface area contributed by atoms with Crippen LogP contribution >= 0.6 is 23.4 Å². The Hall–Kier alpha value is -2.05. The van der Waals surface area contributed by atoms with Crippen molar-refractivity contribution in [1.29, 1.82) is 0 Å². The van der Waals surface area contributed by atoms with E-state index in [9.17, 15) is 14.4 Å². The number of nitrogens with one attached hydrogen (secondary N) is 1. The van der Waals surface area contributed by atoms with Gasteiger partial charge >= 0.3 is 5.97 Å². The average Bonchev–Trinajstić information content (AvgIpc) is 2.90. The van der Waals surface area contributed by atoms with Gasteiger partial charge in [0, 0.05) is 21.2 Å². The monoisotopic (exact) mass is 407 g/mol. The number of ether oxygens (including phenoxy) is 1. The Balaban J connectivity index is 2.05. The lowest BCUT2D eigenvalue weighted by Gasteiger charge is -2.16. The first-order chi connectivity index (χ1) is 12.6. The summed E-state index contributed by atoms with van der Waals surface area (Å²) in [6.07, 6.45) is -0.956. The number of hydrogen-bond acceptors (Lipinski definition) is 5. The number of ketones is 2. The van der Waals surface area contributed by atoms with Gasteiger partial charge < -0.3 is 9.72 Å². The lowest BCUT2D eigenvalue weighted by Crippen LogP contribution is -2.29. The van der Waals surface area contributed by atoms with E-state index in [-0.39, 0.29) is 11.6 Å². The van der Waals surface area contributed by atoms with Crippen molar-refractivity contribution >= 4 is 40.9 Å². The van der Waals surface area contributed by atoms with Crippen molar-refractivity contribution in [3.05, 3.63) is 51.8 Å². The molecule has 0 saturated carbocycles. The van der Waals surface area contributed by atoms with Crippen molar-refractivity contribution in [3.8, 4) is 0 Å². The maximum atomic E-state index is 12.7. The van der Waals surface area contributed by atoms with Crippen LogP contribution in [0.2, 0.25) is 5.02 Å². The van der Waals surface area contributed by atoms with Crippen LogP contribution in [-0.2, 0) is 9.53 Å². The van der Waals surface area contributed by atoms with Gasteiger partial charge in [0.25, 0.3) is 0 Å². The highest BCUT2D eigenvalue weighted by Gasteiger charge is 2.27. The van der Waals surface area contributed by atoms with Crippen LogP contribution in [0, 0.1) is 13.8 Å². The fourth-order valence-electron chi connectivity index (χ4n) is 2.82. The second-order valence-corrected chi connectivity index (χ2v) is 8.19. The van der Waals surface area contributed by atoms with Crippen LogP contribution < -0.4 is 0 Å². The van der Waals surface area contributed by atoms with Crippen molar-refractivity contribution in [2.24, 2.45) is 0 Å². The van der Waals surface area contributed by atoms with Crippen molar-refractivity contribution in [2.75, 3.05) is 0 Å². The highest BCUT2D eigenvalue weighted by Crippen LogP contribution is 2.26. The first kappa shape index (κ1) is 21.3. The maximum Gasteiger partial charge on any atom is 0.319 e. The Bertz CT molecular complexity index is 873. The fraction of sp³-hybridized carbons (Fsp3) is 0.350. The van der Waals surface area contributed by atoms with Crippen molar-refractivity contribution in [3.63, 3.8) is 0 Å². The van der Waals surface area contributed by atoms with Crippen LogP contribution in [0.15, 0.2) is 29.2 Å². The first-order valence-corrected chi connectivity index (χ1v) is 9.74. The fourth-order valence-corrected chi connectivity index (χ4v) is 3.80. The summed E-state index contributed by atoms with van der Waals surface area (Å²) in [6.45, 7) is 8.15. The molecule has 5 nitrogen and oxygen atoms in total. The summed E-state index contributed by atoms with van der Waals surface area (Å²) in [7, 11) is 0. The zero-order valence-electron chi connectivity index (χ0n) is 15.9. The van der Waals surface area contributed by atoms with Crippen LogP contribution in [0.1, 0.15) is 52.9 Å². The van der Waals surface area contributed by atoms with E-state index in [0.29, 0.717) is 27.5 Å². The molecule has 0 fully saturated rings. The predicted octanol–water partition coefficient (Wildman–Crippen LogP) is 4.78. The Labute approximate surface area is 167 Å². The minimum atomic E-state index is -0.956. The minimum absolute atomic E-state index is 0.113. The summed E-state index contributed by atoms with van der Waals surface area (Å²) in [5, 5.41) is 0.135. The third-order valence-corrected chi connectivity index (χ3v) is 5.50. The van der Waals surface area contributed by atoms with Gasteiger partial charge in [-0.15, -0.1) is 11.8 Å². The molecule has 1 aromatic heterocycles. The molecule has 0 aliphatic carbocycles. The van der Waals surface area contributed by atoms with E-state index < -0.39 is 17.3 Å². The molecule has 2 rings (SSSR count). The Morgan fingerprint density at radius 3 is 2.22 bits per heavy atom. The molecule has 0 unspecified atom stereocenters. The van der Waals surface area contributed by atoms with Crippen LogP contribution in [0.3, 0.4) is 0 Å². The number of rotatable bonds is 7. The third kappa shape index (κ3) is 5.02. The molecule has 0 amide bonds. The zero-order valence-corrected chi connectivity index (χ0v) is 17.5. The number of Topliss-reactive ketones (excluding diaryl/α,β-unsaturated/α-hetero) is 2. The molecule has 0 bridgehead atoms. The molecular weight excluding hydrogens is 386 g/mol. The van der Waals surface area contributed by atoms with Gasteiger partial charge in [0.05, 0.1) is 5.69 Å². The van der Waals surface area contributed by atoms with Crippen LogP contribution in [0.25, 0.3) is 0 Å². The lowest BCUT2D eigenvalue weighted by atomic mass is 10.0. The number of aromatic amines is 1. The van der Waals surface area contributed by atoms with Gasteiger partial charge in [-0.3, -0.25) is 14.4 Å². The summed E-state index contributed by atoms with van der Waals surface area (Å²) in [4.78, 5) is 40.6. The lowest BCUT2D eigenvalue weighted by molar-refractivity contribution is -0.145. The largest absolute Gasteiger partial charge is 0.453 e. The predicted molar refractivity (Wildman–Crippen MR) is 107 cm³/mol. The Morgan fingerprint density at radius 1 is 1.11 bits per heavy atom. The number of thioether (sulfide) groups is 1. The van der Waals surface area contributed by atoms with Crippen LogP contribution in [0.5, 0.6) is 0 Å². The summed E-state index contributed by atoms with van der Waals surface area (Å²) in [5.74, 6) is -0.957. The number of H-pyrrole nitrogens is 1. The van der Waals surface area contributed by atoms with Crippen molar-refractivity contribution < 1.29 is 19.1 Å². The zero-order chi connectivity index (χ0) is 20.3. The molecule has 0 radical (unpaired) electrons. The second kappa shape index (κ2) is 8.76. The minimum Gasteiger partial charge on any atom is -0.453 e. The second-order valence-electron chi connectivity index (χ2n) is 6.34. The van der Waals surface area contributed by atoms with Gasteiger partial charge in [-0.05, 0) is 64.4 Å². The number of hydrogen-bond donors (Lipinski definition) is 1. The molecule has 144 valence electrons. The molecule has 1 N–H and O–H groups in total. The van der Waals surface area contributed by atoms with Crippen LogP contribution in [-0.4, -0.2) is 33.9 Å². The van der Waals surface area contributed by atoms with Crippen molar-refractivity contribution in [1.82, 2.24) is 4.98 Å². The normalized spacial score (nSPS) is 13.1. The smallest absolute Gasteiger partial charge is 0.319 e. The molecule has 0 aliphatic rings. The van der Waals surface area contributed by atoms with E-state index in [1.807, 2.05) is 12.1 Å². The molecule has 1 heterocycles. The SMILES string of the molecule is CC(=O)c1c(C)[nH]c(C(=O)[C@@H](C)OC(=O)[C@@H](C)Sc2ccc(Cl)cc2)c1C. The Morgan fingerprint density at radius 2 is 1.70 bits per heavy atom. The standard InChI is InChI=1S/C20H22ClNO4S/c1-10-17(12(3)23)11(2)22-18(10)19(24)13(4)26-20(25)14(5)27-16-8-6-15(21)7-9-16/h6-9,13-14,22H,1-5H3/t13-,14-/m1/s1. The molecular formula is C20H22ClNO4S. The maximum absolute atomic E-state index is 12.7. The Kier molecular flexibility index (Phi) is 6.89. The summed E-state index contributed by atoms with van der Waals surface area (Å²) in [6, 6.07) is 7.13. The molecule has 0 aliphatic heterocycles. The van der Waals surface area contributed by atoms with Gasteiger partial charge in [-0.25, -0.2) is 0 Å². The van der Waals surface area contributed by atoms with E-state index in [1.54, 1.807) is 32.9 Å². The highest BCUT2D eigenvalue weighted by atomic mass is 35.5. The molecule has 0 saturated heterocycles. The van der Waals surface area contributed by atoms with Crippen LogP contribution in [0.4, 0.5) is 0 Å². The van der Waals surface area contributed by atoms with Gasteiger partial charge in [0.1, 0.15) is 5.25 Å². The summed E-state index contributed by atoms with van der Waals surface area (Å²) >= 11 is 7.18. The highest BCUT2D eigenvalue weighted by molar-refractivity contribution is 8.00. The molecule has 2 aromatic rings. The molecule has 1 aromatic carbocycles. The van der Waals surface area contributed by atoms with Gasteiger partial charge in [0.2, 0.25) is 5.78 Å². The number of esters is 1. The quantitative estimate of drug-likeness (QED) is 0.406. The van der Waals surface area contributed by atoms with E-state index in [0.717, 1.165) is 4.90 Å². The van der Waals surface area contributed by atoms with E-state index in [1.165, 1.54) is 25.6 Å².